The Morgan fingerprint density at radius 3 is 2.94 bits per heavy atom. The zero-order chi connectivity index (χ0) is 12.4. The fourth-order valence-corrected chi connectivity index (χ4v) is 2.21. The standard InChI is InChI=1S/C13H15NO3/c1-14-13(16)6-8-5-12(15)11-7-9(17-2)3-4-10(8)11/h3-4,7-8H,5-6H2,1-2H3,(H,14,16). The van der Waals surface area contributed by atoms with Crippen LogP contribution in [0.15, 0.2) is 18.2 Å². The lowest BCUT2D eigenvalue weighted by molar-refractivity contribution is -0.120. The molecule has 0 aromatic heterocycles. The van der Waals surface area contributed by atoms with Gasteiger partial charge in [-0.3, -0.25) is 9.59 Å². The van der Waals surface area contributed by atoms with E-state index in [9.17, 15) is 9.59 Å². The first-order valence-corrected chi connectivity index (χ1v) is 5.57. The second-order valence-electron chi connectivity index (χ2n) is 4.15. The minimum atomic E-state index is -0.0357. The Labute approximate surface area is 100.0 Å². The van der Waals surface area contributed by atoms with Crippen LogP contribution in [0.4, 0.5) is 0 Å². The zero-order valence-corrected chi connectivity index (χ0v) is 9.95. The van der Waals surface area contributed by atoms with Crippen molar-refractivity contribution in [2.75, 3.05) is 14.2 Å². The highest BCUT2D eigenvalue weighted by Gasteiger charge is 2.30. The fourth-order valence-electron chi connectivity index (χ4n) is 2.21. The van der Waals surface area contributed by atoms with Crippen LogP contribution < -0.4 is 10.1 Å². The molecule has 4 heteroatoms. The van der Waals surface area contributed by atoms with Crippen molar-refractivity contribution in [3.8, 4) is 5.75 Å². The summed E-state index contributed by atoms with van der Waals surface area (Å²) >= 11 is 0. The number of ether oxygens (including phenoxy) is 1. The summed E-state index contributed by atoms with van der Waals surface area (Å²) in [4.78, 5) is 23.2. The first-order chi connectivity index (χ1) is 8.15. The molecule has 0 bridgehead atoms. The van der Waals surface area contributed by atoms with E-state index >= 15 is 0 Å². The summed E-state index contributed by atoms with van der Waals surface area (Å²) in [5.41, 5.74) is 1.65. The van der Waals surface area contributed by atoms with Crippen molar-refractivity contribution in [3.05, 3.63) is 29.3 Å². The summed E-state index contributed by atoms with van der Waals surface area (Å²) in [6.45, 7) is 0. The van der Waals surface area contributed by atoms with Crippen LogP contribution in [0.3, 0.4) is 0 Å². The van der Waals surface area contributed by atoms with Crippen LogP contribution in [0.1, 0.15) is 34.7 Å². The molecule has 0 radical (unpaired) electrons. The van der Waals surface area contributed by atoms with E-state index in [4.69, 9.17) is 4.74 Å². The molecule has 1 amide bonds. The molecule has 0 saturated carbocycles. The van der Waals surface area contributed by atoms with E-state index in [1.54, 1.807) is 20.2 Å². The molecular weight excluding hydrogens is 218 g/mol. The quantitative estimate of drug-likeness (QED) is 0.860. The summed E-state index contributed by atoms with van der Waals surface area (Å²) in [6.07, 6.45) is 0.775. The number of nitrogens with one attached hydrogen (secondary N) is 1. The summed E-state index contributed by atoms with van der Waals surface area (Å²) in [7, 11) is 3.18. The minimum absolute atomic E-state index is 0.00311. The van der Waals surface area contributed by atoms with Crippen molar-refractivity contribution >= 4 is 11.7 Å². The molecule has 0 heterocycles. The SMILES string of the molecule is CNC(=O)CC1CC(=O)c2cc(OC)ccc21. The summed E-state index contributed by atoms with van der Waals surface area (Å²) in [5, 5.41) is 2.59. The molecule has 1 aliphatic rings. The molecule has 0 aliphatic heterocycles. The number of Topliss-reactive ketones (excluding diaryl/α,β-unsaturated/α-hetero) is 1. The summed E-state index contributed by atoms with van der Waals surface area (Å²) in [5.74, 6) is 0.736. The Balaban J connectivity index is 2.28. The van der Waals surface area contributed by atoms with Gasteiger partial charge in [-0.05, 0) is 17.7 Å². The maximum Gasteiger partial charge on any atom is 0.220 e. The number of hydrogen-bond donors (Lipinski definition) is 1. The molecule has 4 nitrogen and oxygen atoms in total. The van der Waals surface area contributed by atoms with Crippen LogP contribution in [0, 0.1) is 0 Å². The van der Waals surface area contributed by atoms with Crippen LogP contribution in [-0.2, 0) is 4.79 Å². The number of carbonyl (C=O) groups excluding carboxylic acids is 2. The predicted molar refractivity (Wildman–Crippen MR) is 63.4 cm³/mol. The number of methoxy groups -OCH3 is 1. The van der Waals surface area contributed by atoms with Crippen molar-refractivity contribution in [3.63, 3.8) is 0 Å². The maximum atomic E-state index is 11.8. The normalized spacial score (nSPS) is 17.8. The van der Waals surface area contributed by atoms with Crippen LogP contribution in [0.2, 0.25) is 0 Å². The second-order valence-corrected chi connectivity index (χ2v) is 4.15. The predicted octanol–water partition coefficient (Wildman–Crippen LogP) is 1.50. The van der Waals surface area contributed by atoms with Gasteiger partial charge in [-0.15, -0.1) is 0 Å². The number of benzene rings is 1. The highest BCUT2D eigenvalue weighted by Crippen LogP contribution is 2.37. The molecule has 0 saturated heterocycles. The lowest BCUT2D eigenvalue weighted by atomic mass is 9.97. The monoisotopic (exact) mass is 233 g/mol. The smallest absolute Gasteiger partial charge is 0.220 e. The van der Waals surface area contributed by atoms with Crippen LogP contribution in [0.5, 0.6) is 5.75 Å². The Bertz CT molecular complexity index is 468. The van der Waals surface area contributed by atoms with Crippen molar-refractivity contribution in [2.24, 2.45) is 0 Å². The number of fused-ring (bicyclic) bond motifs is 1. The molecule has 1 atom stereocenters. The third kappa shape index (κ3) is 2.16. The largest absolute Gasteiger partial charge is 0.497 e. The third-order valence-electron chi connectivity index (χ3n) is 3.14. The van der Waals surface area contributed by atoms with Gasteiger partial charge >= 0.3 is 0 Å². The Morgan fingerprint density at radius 1 is 1.53 bits per heavy atom. The number of amides is 1. The van der Waals surface area contributed by atoms with Gasteiger partial charge in [0.05, 0.1) is 7.11 Å². The van der Waals surface area contributed by atoms with Crippen molar-refractivity contribution < 1.29 is 14.3 Å². The Morgan fingerprint density at radius 2 is 2.29 bits per heavy atom. The molecule has 1 aliphatic carbocycles. The zero-order valence-electron chi connectivity index (χ0n) is 9.95. The van der Waals surface area contributed by atoms with Gasteiger partial charge < -0.3 is 10.1 Å². The van der Waals surface area contributed by atoms with Crippen molar-refractivity contribution in [2.45, 2.75) is 18.8 Å². The first kappa shape index (κ1) is 11.6. The summed E-state index contributed by atoms with van der Waals surface area (Å²) < 4.78 is 5.09. The number of hydrogen-bond acceptors (Lipinski definition) is 3. The molecule has 1 N–H and O–H groups in total. The van der Waals surface area contributed by atoms with Crippen LogP contribution >= 0.6 is 0 Å². The maximum absolute atomic E-state index is 11.8. The van der Waals surface area contributed by atoms with E-state index < -0.39 is 0 Å². The first-order valence-electron chi connectivity index (χ1n) is 5.57. The molecule has 0 spiro atoms. The molecule has 1 unspecified atom stereocenters. The Hall–Kier alpha value is -1.84. The lowest BCUT2D eigenvalue weighted by Gasteiger charge is -2.09. The Kier molecular flexibility index (Phi) is 3.13. The van der Waals surface area contributed by atoms with E-state index in [1.807, 2.05) is 12.1 Å². The number of carbonyl (C=O) groups is 2. The van der Waals surface area contributed by atoms with E-state index in [-0.39, 0.29) is 17.6 Å². The second kappa shape index (κ2) is 4.57. The molecule has 1 aromatic carbocycles. The van der Waals surface area contributed by atoms with E-state index in [1.165, 1.54) is 0 Å². The molecule has 2 rings (SSSR count). The van der Waals surface area contributed by atoms with Gasteiger partial charge in [0.1, 0.15) is 5.75 Å². The topological polar surface area (TPSA) is 55.4 Å². The van der Waals surface area contributed by atoms with Gasteiger partial charge in [0.15, 0.2) is 5.78 Å². The third-order valence-corrected chi connectivity index (χ3v) is 3.14. The lowest BCUT2D eigenvalue weighted by Crippen LogP contribution is -2.19. The van der Waals surface area contributed by atoms with Gasteiger partial charge in [-0.2, -0.15) is 0 Å². The van der Waals surface area contributed by atoms with Gasteiger partial charge in [0.2, 0.25) is 5.91 Å². The van der Waals surface area contributed by atoms with E-state index in [2.05, 4.69) is 5.32 Å². The van der Waals surface area contributed by atoms with Crippen LogP contribution in [0.25, 0.3) is 0 Å². The highest BCUT2D eigenvalue weighted by molar-refractivity contribution is 6.02. The van der Waals surface area contributed by atoms with E-state index in [0.29, 0.717) is 24.2 Å². The molecule has 1 aromatic rings. The fraction of sp³-hybridized carbons (Fsp3) is 0.385. The van der Waals surface area contributed by atoms with Crippen molar-refractivity contribution in [1.82, 2.24) is 5.32 Å². The molecular formula is C13H15NO3. The van der Waals surface area contributed by atoms with Crippen molar-refractivity contribution in [1.29, 1.82) is 0 Å². The molecule has 17 heavy (non-hydrogen) atoms. The molecule has 0 fully saturated rings. The number of ketones is 1. The minimum Gasteiger partial charge on any atom is -0.497 e. The van der Waals surface area contributed by atoms with Gasteiger partial charge in [-0.1, -0.05) is 6.07 Å². The number of rotatable bonds is 3. The van der Waals surface area contributed by atoms with Gasteiger partial charge in [-0.25, -0.2) is 0 Å². The average molecular weight is 233 g/mol. The van der Waals surface area contributed by atoms with Gasteiger partial charge in [0.25, 0.3) is 0 Å². The summed E-state index contributed by atoms with van der Waals surface area (Å²) in [6, 6.07) is 5.46. The highest BCUT2D eigenvalue weighted by atomic mass is 16.5. The average Bonchev–Trinajstić information content (AvgIpc) is 2.65. The van der Waals surface area contributed by atoms with Crippen LogP contribution in [-0.4, -0.2) is 25.8 Å². The molecule has 90 valence electrons. The van der Waals surface area contributed by atoms with Gasteiger partial charge in [0, 0.05) is 31.4 Å². The van der Waals surface area contributed by atoms with E-state index in [0.717, 1.165) is 5.56 Å².